The monoisotopic (exact) mass is 382 g/mol. The first-order valence-electron chi connectivity index (χ1n) is 8.15. The molecule has 4 aromatic rings. The molecule has 2 N–H and O–H groups in total. The number of aromatic nitrogens is 7. The molecule has 0 aliphatic heterocycles. The molecule has 10 heteroatoms. The minimum absolute atomic E-state index is 0.286. The third-order valence-corrected chi connectivity index (χ3v) is 4.51. The number of hydrogen-bond acceptors (Lipinski definition) is 6. The zero-order valence-electron chi connectivity index (χ0n) is 14.6. The number of pyridine rings is 1. The lowest BCUT2D eigenvalue weighted by Gasteiger charge is -2.08. The number of carbonyl (C=O) groups is 1. The quantitative estimate of drug-likeness (QED) is 0.560. The first kappa shape index (κ1) is 17.1. The molecule has 0 bridgehead atoms. The van der Waals surface area contributed by atoms with Crippen LogP contribution in [0.5, 0.6) is 0 Å². The van der Waals surface area contributed by atoms with Gasteiger partial charge in [0.2, 0.25) is 0 Å². The van der Waals surface area contributed by atoms with Gasteiger partial charge in [-0.2, -0.15) is 5.10 Å². The number of anilines is 1. The van der Waals surface area contributed by atoms with E-state index in [9.17, 15) is 4.79 Å². The highest BCUT2D eigenvalue weighted by atomic mass is 35.5. The van der Waals surface area contributed by atoms with Gasteiger partial charge in [0.1, 0.15) is 6.54 Å². The number of amides is 1. The van der Waals surface area contributed by atoms with Crippen molar-refractivity contribution in [1.29, 1.82) is 0 Å². The molecule has 1 amide bonds. The number of tetrazole rings is 1. The van der Waals surface area contributed by atoms with Crippen LogP contribution in [0.25, 0.3) is 11.0 Å². The summed E-state index contributed by atoms with van der Waals surface area (Å²) in [5.74, 6) is 0.211. The molecule has 0 radical (unpaired) electrons. The molecular weight excluding hydrogens is 368 g/mol. The topological polar surface area (TPSA) is 114 Å². The summed E-state index contributed by atoms with van der Waals surface area (Å²) in [5.41, 5.74) is 3.31. The maximum atomic E-state index is 12.6. The van der Waals surface area contributed by atoms with Crippen LogP contribution in [0.4, 0.5) is 5.69 Å². The van der Waals surface area contributed by atoms with Crippen LogP contribution in [-0.4, -0.2) is 41.3 Å². The van der Waals surface area contributed by atoms with Gasteiger partial charge < -0.3 is 5.32 Å². The molecule has 0 aliphatic carbocycles. The number of carbonyl (C=O) groups excluding carboxylic acids is 1. The summed E-state index contributed by atoms with van der Waals surface area (Å²) in [6, 6.07) is 7.51. The lowest BCUT2D eigenvalue weighted by Crippen LogP contribution is -2.13. The standard InChI is InChI=1S/C17H15ClN8O/c1-9-3-5-11(6-4-9)20-17(27)12-7-19-16-14(15(12)18)10(2)23-26(16)8-13-21-24-25-22-13/h3-7H,8H2,1-2H3,(H,20,27)(H,21,22,24,25). The first-order chi connectivity index (χ1) is 13.0. The summed E-state index contributed by atoms with van der Waals surface area (Å²) in [6.45, 7) is 4.11. The summed E-state index contributed by atoms with van der Waals surface area (Å²) in [5, 5.41) is 21.8. The van der Waals surface area contributed by atoms with Crippen molar-refractivity contribution in [1.82, 2.24) is 35.4 Å². The van der Waals surface area contributed by atoms with Gasteiger partial charge in [0.25, 0.3) is 5.91 Å². The predicted molar refractivity (Wildman–Crippen MR) is 99.7 cm³/mol. The van der Waals surface area contributed by atoms with Crippen molar-refractivity contribution >= 4 is 34.2 Å². The Labute approximate surface area is 158 Å². The van der Waals surface area contributed by atoms with Gasteiger partial charge in [0, 0.05) is 11.9 Å². The van der Waals surface area contributed by atoms with Gasteiger partial charge in [-0.1, -0.05) is 29.3 Å². The Morgan fingerprint density at radius 3 is 2.74 bits per heavy atom. The number of fused-ring (bicyclic) bond motifs is 1. The minimum Gasteiger partial charge on any atom is -0.322 e. The third-order valence-electron chi connectivity index (χ3n) is 4.12. The third kappa shape index (κ3) is 3.24. The van der Waals surface area contributed by atoms with Crippen LogP contribution in [0.3, 0.4) is 0 Å². The van der Waals surface area contributed by atoms with Crippen LogP contribution in [0.2, 0.25) is 5.02 Å². The van der Waals surface area contributed by atoms with Gasteiger partial charge >= 0.3 is 0 Å². The second-order valence-corrected chi connectivity index (χ2v) is 6.47. The highest BCUT2D eigenvalue weighted by Gasteiger charge is 2.20. The molecule has 0 spiro atoms. The van der Waals surface area contributed by atoms with E-state index in [1.54, 1.807) is 4.68 Å². The van der Waals surface area contributed by atoms with Crippen molar-refractivity contribution in [3.8, 4) is 0 Å². The molecule has 0 fully saturated rings. The van der Waals surface area contributed by atoms with Gasteiger partial charge in [-0.15, -0.1) is 5.10 Å². The lowest BCUT2D eigenvalue weighted by molar-refractivity contribution is 0.102. The Kier molecular flexibility index (Phi) is 4.28. The Hall–Kier alpha value is -3.33. The number of H-pyrrole nitrogens is 1. The van der Waals surface area contributed by atoms with E-state index in [0.717, 1.165) is 5.56 Å². The van der Waals surface area contributed by atoms with E-state index in [1.807, 2.05) is 38.1 Å². The Morgan fingerprint density at radius 1 is 1.26 bits per heavy atom. The molecule has 27 heavy (non-hydrogen) atoms. The van der Waals surface area contributed by atoms with E-state index in [1.165, 1.54) is 6.20 Å². The minimum atomic E-state index is -0.329. The summed E-state index contributed by atoms with van der Waals surface area (Å²) >= 11 is 6.53. The van der Waals surface area contributed by atoms with Crippen molar-refractivity contribution in [2.45, 2.75) is 20.4 Å². The number of benzene rings is 1. The average Bonchev–Trinajstić information content (AvgIpc) is 3.26. The summed E-state index contributed by atoms with van der Waals surface area (Å²) in [6.07, 6.45) is 1.45. The highest BCUT2D eigenvalue weighted by molar-refractivity contribution is 6.39. The Morgan fingerprint density at radius 2 is 2.04 bits per heavy atom. The van der Waals surface area contributed by atoms with Gasteiger partial charge in [-0.25, -0.2) is 14.8 Å². The van der Waals surface area contributed by atoms with E-state index < -0.39 is 0 Å². The fourth-order valence-electron chi connectivity index (χ4n) is 2.77. The summed E-state index contributed by atoms with van der Waals surface area (Å²) in [4.78, 5) is 17.0. The SMILES string of the molecule is Cc1ccc(NC(=O)c2cnc3c(c(C)nn3Cc3nnn[nH]3)c2Cl)cc1. The highest BCUT2D eigenvalue weighted by Crippen LogP contribution is 2.29. The van der Waals surface area contributed by atoms with Crippen LogP contribution in [-0.2, 0) is 6.54 Å². The van der Waals surface area contributed by atoms with Crippen molar-refractivity contribution in [3.63, 3.8) is 0 Å². The maximum absolute atomic E-state index is 12.6. The number of nitrogens with zero attached hydrogens (tertiary/aromatic N) is 6. The smallest absolute Gasteiger partial charge is 0.258 e. The normalized spacial score (nSPS) is 11.1. The number of halogens is 1. The number of hydrogen-bond donors (Lipinski definition) is 2. The Balaban J connectivity index is 1.68. The molecule has 0 unspecified atom stereocenters. The molecule has 0 aliphatic rings. The number of aryl methyl sites for hydroxylation is 2. The first-order valence-corrected chi connectivity index (χ1v) is 8.53. The average molecular weight is 383 g/mol. The molecule has 1 aromatic carbocycles. The van der Waals surface area contributed by atoms with Crippen molar-refractivity contribution < 1.29 is 4.79 Å². The zero-order chi connectivity index (χ0) is 19.0. The number of aromatic amines is 1. The van der Waals surface area contributed by atoms with E-state index in [-0.39, 0.29) is 11.5 Å². The molecule has 3 heterocycles. The largest absolute Gasteiger partial charge is 0.322 e. The van der Waals surface area contributed by atoms with E-state index in [0.29, 0.717) is 39.8 Å². The maximum Gasteiger partial charge on any atom is 0.258 e. The van der Waals surface area contributed by atoms with Crippen molar-refractivity contribution in [2.24, 2.45) is 0 Å². The summed E-state index contributed by atoms with van der Waals surface area (Å²) in [7, 11) is 0. The van der Waals surface area contributed by atoms with Gasteiger partial charge in [-0.05, 0) is 36.4 Å². The fraction of sp³-hybridized carbons (Fsp3) is 0.176. The zero-order valence-corrected chi connectivity index (χ0v) is 15.3. The van der Waals surface area contributed by atoms with Gasteiger partial charge in [0.05, 0.1) is 21.7 Å². The molecule has 0 atom stereocenters. The molecule has 9 nitrogen and oxygen atoms in total. The molecule has 0 saturated heterocycles. The van der Waals surface area contributed by atoms with Crippen molar-refractivity contribution in [2.75, 3.05) is 5.32 Å². The van der Waals surface area contributed by atoms with Crippen LogP contribution in [0, 0.1) is 13.8 Å². The molecule has 136 valence electrons. The molecular formula is C17H15ClN8O. The van der Waals surface area contributed by atoms with Crippen LogP contribution < -0.4 is 5.32 Å². The van der Waals surface area contributed by atoms with Crippen molar-refractivity contribution in [3.05, 3.63) is 58.1 Å². The number of nitrogens with one attached hydrogen (secondary N) is 2. The van der Waals surface area contributed by atoms with Crippen LogP contribution in [0.15, 0.2) is 30.5 Å². The molecule has 0 saturated carbocycles. The molecule has 4 rings (SSSR count). The predicted octanol–water partition coefficient (Wildman–Crippen LogP) is 2.52. The van der Waals surface area contributed by atoms with Crippen LogP contribution >= 0.6 is 11.6 Å². The second kappa shape index (κ2) is 6.76. The van der Waals surface area contributed by atoms with Crippen LogP contribution in [0.1, 0.15) is 27.4 Å². The lowest BCUT2D eigenvalue weighted by atomic mass is 10.2. The van der Waals surface area contributed by atoms with E-state index in [2.05, 4.69) is 36.0 Å². The van der Waals surface area contributed by atoms with Gasteiger partial charge in [0.15, 0.2) is 11.5 Å². The Bertz CT molecular complexity index is 1120. The fourth-order valence-corrected chi connectivity index (χ4v) is 3.12. The summed E-state index contributed by atoms with van der Waals surface area (Å²) < 4.78 is 1.64. The number of rotatable bonds is 4. The second-order valence-electron chi connectivity index (χ2n) is 6.10. The van der Waals surface area contributed by atoms with E-state index >= 15 is 0 Å². The van der Waals surface area contributed by atoms with E-state index in [4.69, 9.17) is 11.6 Å². The molecule has 3 aromatic heterocycles. The van der Waals surface area contributed by atoms with Gasteiger partial charge in [-0.3, -0.25) is 4.79 Å².